The van der Waals surface area contributed by atoms with Gasteiger partial charge in [-0.1, -0.05) is 34.8 Å². The average molecular weight is 318 g/mol. The maximum absolute atomic E-state index is 9.80. The highest BCUT2D eigenvalue weighted by Crippen LogP contribution is 2.37. The Morgan fingerprint density at radius 2 is 1.42 bits per heavy atom. The molecule has 1 unspecified atom stereocenters. The molecule has 0 amide bonds. The second-order valence-corrected chi connectivity index (χ2v) is 5.51. The Labute approximate surface area is 126 Å². The summed E-state index contributed by atoms with van der Waals surface area (Å²) in [7, 11) is 0. The fourth-order valence-corrected chi connectivity index (χ4v) is 2.58. The molecule has 19 heavy (non-hydrogen) atoms. The monoisotopic (exact) mass is 316 g/mol. The molecule has 2 rings (SSSR count). The van der Waals surface area contributed by atoms with E-state index in [0.29, 0.717) is 15.6 Å². The van der Waals surface area contributed by atoms with Crippen LogP contribution in [0.25, 0.3) is 11.1 Å². The minimum atomic E-state index is -0.827. The summed E-state index contributed by atoms with van der Waals surface area (Å²) in [6, 6.07) is 8.37. The lowest BCUT2D eigenvalue weighted by molar-refractivity contribution is 0.195. The zero-order valence-corrected chi connectivity index (χ0v) is 12.3. The second-order valence-electron chi connectivity index (χ2n) is 4.23. The van der Waals surface area contributed by atoms with Crippen molar-refractivity contribution in [3.05, 3.63) is 51.0 Å². The number of phenols is 1. The molecule has 0 radical (unpaired) electrons. The molecule has 100 valence electrons. The van der Waals surface area contributed by atoms with Gasteiger partial charge in [-0.3, -0.25) is 0 Å². The third kappa shape index (κ3) is 3.15. The normalized spacial score (nSPS) is 12.5. The number of hydrogen-bond acceptors (Lipinski definition) is 2. The van der Waals surface area contributed by atoms with Crippen molar-refractivity contribution in [2.45, 2.75) is 13.0 Å². The first-order chi connectivity index (χ1) is 8.88. The highest BCUT2D eigenvalue weighted by molar-refractivity contribution is 6.35. The lowest BCUT2D eigenvalue weighted by Crippen LogP contribution is -1.93. The molecule has 5 heteroatoms. The van der Waals surface area contributed by atoms with Crippen molar-refractivity contribution in [3.63, 3.8) is 0 Å². The topological polar surface area (TPSA) is 40.5 Å². The molecule has 0 spiro atoms. The van der Waals surface area contributed by atoms with Crippen LogP contribution in [0.15, 0.2) is 30.3 Å². The molecule has 2 N–H and O–H groups in total. The van der Waals surface area contributed by atoms with Crippen molar-refractivity contribution in [2.75, 3.05) is 0 Å². The van der Waals surface area contributed by atoms with E-state index in [0.717, 1.165) is 11.1 Å². The van der Waals surface area contributed by atoms with Crippen LogP contribution in [0, 0.1) is 0 Å². The van der Waals surface area contributed by atoms with Crippen molar-refractivity contribution in [2.24, 2.45) is 0 Å². The van der Waals surface area contributed by atoms with Crippen LogP contribution in [0.4, 0.5) is 0 Å². The molecular formula is C14H11Cl3O2. The minimum Gasteiger partial charge on any atom is -0.506 e. The van der Waals surface area contributed by atoms with Gasteiger partial charge in [0.15, 0.2) is 0 Å². The fourth-order valence-electron chi connectivity index (χ4n) is 1.83. The summed E-state index contributed by atoms with van der Waals surface area (Å²) >= 11 is 17.9. The number of phenolic OH excluding ortho intramolecular Hbond substituents is 1. The Morgan fingerprint density at radius 3 is 1.95 bits per heavy atom. The summed E-state index contributed by atoms with van der Waals surface area (Å²) in [5, 5.41) is 20.6. The van der Waals surface area contributed by atoms with Gasteiger partial charge in [-0.15, -0.1) is 0 Å². The highest BCUT2D eigenvalue weighted by atomic mass is 35.5. The number of halogens is 3. The van der Waals surface area contributed by atoms with E-state index in [-0.39, 0.29) is 10.8 Å². The molecule has 2 aromatic rings. The molecule has 0 aliphatic heterocycles. The molecule has 0 saturated carbocycles. The lowest BCUT2D eigenvalue weighted by Gasteiger charge is -2.12. The van der Waals surface area contributed by atoms with E-state index < -0.39 is 6.10 Å². The van der Waals surface area contributed by atoms with Crippen LogP contribution < -0.4 is 0 Å². The van der Waals surface area contributed by atoms with E-state index in [1.165, 1.54) is 0 Å². The quantitative estimate of drug-likeness (QED) is 0.811. The van der Waals surface area contributed by atoms with Crippen molar-refractivity contribution >= 4 is 34.8 Å². The lowest BCUT2D eigenvalue weighted by atomic mass is 10.00. The van der Waals surface area contributed by atoms with E-state index in [4.69, 9.17) is 34.8 Å². The van der Waals surface area contributed by atoms with E-state index in [1.807, 2.05) is 0 Å². The molecule has 0 aliphatic rings. The molecule has 0 aromatic heterocycles. The van der Waals surface area contributed by atoms with E-state index in [9.17, 15) is 10.2 Å². The zero-order valence-electron chi connectivity index (χ0n) is 9.99. The largest absolute Gasteiger partial charge is 0.506 e. The van der Waals surface area contributed by atoms with Crippen molar-refractivity contribution in [3.8, 4) is 16.9 Å². The fraction of sp³-hybridized carbons (Fsp3) is 0.143. The van der Waals surface area contributed by atoms with Crippen LogP contribution in [0.5, 0.6) is 5.75 Å². The maximum atomic E-state index is 9.80. The molecule has 1 atom stereocenters. The van der Waals surface area contributed by atoms with Gasteiger partial charge in [0.05, 0.1) is 11.1 Å². The average Bonchev–Trinajstić information content (AvgIpc) is 2.30. The van der Waals surface area contributed by atoms with Gasteiger partial charge in [0.25, 0.3) is 0 Å². The first kappa shape index (κ1) is 14.5. The number of aromatic hydroxyl groups is 1. The van der Waals surface area contributed by atoms with E-state index >= 15 is 0 Å². The van der Waals surface area contributed by atoms with Gasteiger partial charge in [-0.2, -0.15) is 0 Å². The van der Waals surface area contributed by atoms with Gasteiger partial charge < -0.3 is 10.2 Å². The molecule has 2 aromatic carbocycles. The summed E-state index contributed by atoms with van der Waals surface area (Å²) in [6.07, 6.45) is -0.827. The van der Waals surface area contributed by atoms with Crippen LogP contribution in [0.3, 0.4) is 0 Å². The Morgan fingerprint density at radius 1 is 0.895 bits per heavy atom. The summed E-state index contributed by atoms with van der Waals surface area (Å²) in [5.74, 6) is -0.117. The van der Waals surface area contributed by atoms with Crippen LogP contribution in [0.2, 0.25) is 15.1 Å². The Kier molecular flexibility index (Phi) is 4.26. The van der Waals surface area contributed by atoms with Gasteiger partial charge in [-0.25, -0.2) is 0 Å². The smallest absolute Gasteiger partial charge is 0.139 e. The second kappa shape index (κ2) is 5.59. The van der Waals surface area contributed by atoms with Crippen LogP contribution in [-0.2, 0) is 0 Å². The first-order valence-corrected chi connectivity index (χ1v) is 6.69. The molecule has 2 nitrogen and oxygen atoms in total. The van der Waals surface area contributed by atoms with Crippen molar-refractivity contribution in [1.29, 1.82) is 0 Å². The third-order valence-electron chi connectivity index (χ3n) is 2.74. The molecule has 0 heterocycles. The van der Waals surface area contributed by atoms with Crippen LogP contribution in [0.1, 0.15) is 18.6 Å². The van der Waals surface area contributed by atoms with E-state index in [1.54, 1.807) is 37.3 Å². The predicted molar refractivity (Wildman–Crippen MR) is 79.2 cm³/mol. The summed E-state index contributed by atoms with van der Waals surface area (Å²) in [4.78, 5) is 0. The Hall–Kier alpha value is -0.930. The van der Waals surface area contributed by atoms with Gasteiger partial charge in [-0.05, 0) is 48.4 Å². The summed E-state index contributed by atoms with van der Waals surface area (Å²) in [5.41, 5.74) is 1.85. The highest BCUT2D eigenvalue weighted by Gasteiger charge is 2.14. The molecule has 0 aliphatic carbocycles. The third-order valence-corrected chi connectivity index (χ3v) is 3.46. The number of hydrogen-bond donors (Lipinski definition) is 2. The standard InChI is InChI=1S/C14H11Cl3O2/c1-7(18)12-4-9(5-13(17)14(12)19)8-2-10(15)6-11(16)3-8/h2-7,18-19H,1H3. The minimum absolute atomic E-state index is 0.117. The Balaban J connectivity index is 2.62. The zero-order chi connectivity index (χ0) is 14.2. The van der Waals surface area contributed by atoms with Gasteiger partial charge >= 0.3 is 0 Å². The SMILES string of the molecule is CC(O)c1cc(-c2cc(Cl)cc(Cl)c2)cc(Cl)c1O. The van der Waals surface area contributed by atoms with Crippen molar-refractivity contribution < 1.29 is 10.2 Å². The van der Waals surface area contributed by atoms with Gasteiger partial charge in [0, 0.05) is 15.6 Å². The van der Waals surface area contributed by atoms with Crippen LogP contribution in [-0.4, -0.2) is 10.2 Å². The number of aliphatic hydroxyl groups is 1. The molecule has 0 bridgehead atoms. The summed E-state index contributed by atoms with van der Waals surface area (Å²) < 4.78 is 0. The Bertz CT molecular complexity index is 604. The number of aliphatic hydroxyl groups excluding tert-OH is 1. The van der Waals surface area contributed by atoms with E-state index in [2.05, 4.69) is 0 Å². The number of rotatable bonds is 2. The number of benzene rings is 2. The van der Waals surface area contributed by atoms with Crippen molar-refractivity contribution in [1.82, 2.24) is 0 Å². The summed E-state index contributed by atoms with van der Waals surface area (Å²) in [6.45, 7) is 1.56. The first-order valence-electron chi connectivity index (χ1n) is 5.55. The molecule has 0 saturated heterocycles. The maximum Gasteiger partial charge on any atom is 0.139 e. The van der Waals surface area contributed by atoms with Gasteiger partial charge in [0.1, 0.15) is 5.75 Å². The molecule has 0 fully saturated rings. The predicted octanol–water partition coefficient (Wildman–Crippen LogP) is 5.07. The molecular weight excluding hydrogens is 307 g/mol. The van der Waals surface area contributed by atoms with Crippen LogP contribution >= 0.6 is 34.8 Å². The van der Waals surface area contributed by atoms with Gasteiger partial charge in [0.2, 0.25) is 0 Å².